The van der Waals surface area contributed by atoms with Crippen molar-refractivity contribution in [1.82, 2.24) is 5.32 Å². The van der Waals surface area contributed by atoms with Crippen molar-refractivity contribution in [2.24, 2.45) is 0 Å². The van der Waals surface area contributed by atoms with E-state index in [9.17, 15) is 9.59 Å². The van der Waals surface area contributed by atoms with E-state index in [0.717, 1.165) is 17.7 Å². The van der Waals surface area contributed by atoms with Crippen LogP contribution in [0.3, 0.4) is 0 Å². The molecule has 0 radical (unpaired) electrons. The highest BCUT2D eigenvalue weighted by atomic mass is 16.5. The molecular weight excluding hydrogens is 230 g/mol. The first-order valence-corrected chi connectivity index (χ1v) is 6.14. The van der Waals surface area contributed by atoms with Crippen molar-refractivity contribution in [2.75, 3.05) is 6.61 Å². The zero-order valence-electron chi connectivity index (χ0n) is 10.7. The third kappa shape index (κ3) is 2.23. The topological polar surface area (TPSA) is 55.4 Å². The minimum atomic E-state index is -0.750. The number of hydrogen-bond donors (Lipinski definition) is 1. The Hall–Kier alpha value is -1.84. The molecule has 2 rings (SSSR count). The molecule has 0 aromatic heterocycles. The molecule has 2 amide bonds. The normalized spacial score (nSPS) is 23.0. The summed E-state index contributed by atoms with van der Waals surface area (Å²) in [5.74, 6) is 0.345. The average molecular weight is 247 g/mol. The van der Waals surface area contributed by atoms with Crippen molar-refractivity contribution in [1.29, 1.82) is 0 Å². The Morgan fingerprint density at radius 2 is 1.94 bits per heavy atom. The molecule has 4 heteroatoms. The van der Waals surface area contributed by atoms with Gasteiger partial charge in [-0.25, -0.2) is 0 Å². The van der Waals surface area contributed by atoms with Crippen LogP contribution < -0.4 is 10.1 Å². The van der Waals surface area contributed by atoms with Crippen molar-refractivity contribution in [3.8, 4) is 5.75 Å². The summed E-state index contributed by atoms with van der Waals surface area (Å²) in [6, 6.07) is 7.38. The third-order valence-electron chi connectivity index (χ3n) is 3.23. The molecule has 1 aliphatic heterocycles. The van der Waals surface area contributed by atoms with Crippen LogP contribution >= 0.6 is 0 Å². The highest BCUT2D eigenvalue weighted by Crippen LogP contribution is 2.32. The van der Waals surface area contributed by atoms with Gasteiger partial charge in [-0.1, -0.05) is 19.1 Å². The first-order chi connectivity index (χ1) is 8.56. The number of benzene rings is 1. The first kappa shape index (κ1) is 12.6. The Kier molecular flexibility index (Phi) is 3.36. The maximum atomic E-state index is 11.8. The lowest BCUT2D eigenvalue weighted by Gasteiger charge is -2.20. The van der Waals surface area contributed by atoms with Crippen LogP contribution in [0.1, 0.15) is 32.3 Å². The monoisotopic (exact) mass is 247 g/mol. The molecule has 0 aliphatic carbocycles. The van der Waals surface area contributed by atoms with Gasteiger partial charge < -0.3 is 4.74 Å². The molecule has 1 heterocycles. The predicted octanol–water partition coefficient (Wildman–Crippen LogP) is 1.78. The number of carbonyl (C=O) groups excluding carboxylic acids is 2. The Morgan fingerprint density at radius 1 is 1.28 bits per heavy atom. The van der Waals surface area contributed by atoms with E-state index in [4.69, 9.17) is 4.74 Å². The summed E-state index contributed by atoms with van der Waals surface area (Å²) in [6.45, 7) is 4.51. The van der Waals surface area contributed by atoms with E-state index in [2.05, 4.69) is 5.32 Å². The van der Waals surface area contributed by atoms with Gasteiger partial charge in [-0.05, 0) is 31.0 Å². The van der Waals surface area contributed by atoms with Crippen LogP contribution in [0.5, 0.6) is 5.75 Å². The summed E-state index contributed by atoms with van der Waals surface area (Å²) in [4.78, 5) is 23.1. The first-order valence-electron chi connectivity index (χ1n) is 6.14. The predicted molar refractivity (Wildman–Crippen MR) is 67.3 cm³/mol. The Labute approximate surface area is 106 Å². The Bertz CT molecular complexity index is 466. The number of nitrogens with one attached hydrogen (secondary N) is 1. The molecular formula is C14H17NO3. The van der Waals surface area contributed by atoms with E-state index in [1.165, 1.54) is 0 Å². The Balaban J connectivity index is 2.19. The van der Waals surface area contributed by atoms with E-state index >= 15 is 0 Å². The summed E-state index contributed by atoms with van der Waals surface area (Å²) in [6.07, 6.45) is 1.16. The van der Waals surface area contributed by atoms with Gasteiger partial charge in [0.05, 0.1) is 12.0 Å². The fourth-order valence-corrected chi connectivity index (χ4v) is 2.08. The maximum absolute atomic E-state index is 11.8. The number of hydrogen-bond acceptors (Lipinski definition) is 3. The fraction of sp³-hybridized carbons (Fsp3) is 0.429. The second-order valence-corrected chi connectivity index (χ2v) is 4.76. The van der Waals surface area contributed by atoms with Crippen LogP contribution in [0, 0.1) is 0 Å². The van der Waals surface area contributed by atoms with Gasteiger partial charge in [-0.2, -0.15) is 0 Å². The van der Waals surface area contributed by atoms with Crippen molar-refractivity contribution < 1.29 is 14.3 Å². The number of carbonyl (C=O) groups is 2. The average Bonchev–Trinajstić information content (AvgIpc) is 2.62. The summed E-state index contributed by atoms with van der Waals surface area (Å²) in [7, 11) is 0. The van der Waals surface area contributed by atoms with Crippen LogP contribution in [0.2, 0.25) is 0 Å². The van der Waals surface area contributed by atoms with E-state index in [-0.39, 0.29) is 18.2 Å². The third-order valence-corrected chi connectivity index (χ3v) is 3.23. The van der Waals surface area contributed by atoms with Gasteiger partial charge in [0, 0.05) is 6.42 Å². The van der Waals surface area contributed by atoms with Crippen molar-refractivity contribution in [2.45, 2.75) is 32.1 Å². The minimum Gasteiger partial charge on any atom is -0.494 e. The fourth-order valence-electron chi connectivity index (χ4n) is 2.08. The summed E-state index contributed by atoms with van der Waals surface area (Å²) < 4.78 is 5.49. The number of ether oxygens (including phenoxy) is 1. The quantitative estimate of drug-likeness (QED) is 0.825. The van der Waals surface area contributed by atoms with Gasteiger partial charge in [-0.3, -0.25) is 14.9 Å². The summed E-state index contributed by atoms with van der Waals surface area (Å²) in [5, 5.41) is 2.35. The minimum absolute atomic E-state index is 0.209. The van der Waals surface area contributed by atoms with E-state index in [0.29, 0.717) is 6.61 Å². The molecule has 0 spiro atoms. The van der Waals surface area contributed by atoms with E-state index in [1.807, 2.05) is 31.2 Å². The number of amides is 2. The van der Waals surface area contributed by atoms with Crippen molar-refractivity contribution >= 4 is 11.8 Å². The number of imide groups is 1. The van der Waals surface area contributed by atoms with Crippen LogP contribution in [0.4, 0.5) is 0 Å². The van der Waals surface area contributed by atoms with Crippen LogP contribution in [0.25, 0.3) is 0 Å². The van der Waals surface area contributed by atoms with Gasteiger partial charge in [0.25, 0.3) is 0 Å². The molecule has 0 saturated carbocycles. The van der Waals surface area contributed by atoms with Gasteiger partial charge in [0.15, 0.2) is 0 Å². The van der Waals surface area contributed by atoms with Crippen molar-refractivity contribution in [3.63, 3.8) is 0 Å². The van der Waals surface area contributed by atoms with E-state index < -0.39 is 5.41 Å². The molecule has 1 saturated heterocycles. The molecule has 1 N–H and O–H groups in total. The lowest BCUT2D eigenvalue weighted by molar-refractivity contribution is -0.126. The molecule has 1 aromatic rings. The molecule has 0 bridgehead atoms. The maximum Gasteiger partial charge on any atom is 0.237 e. The molecule has 1 aromatic carbocycles. The van der Waals surface area contributed by atoms with Gasteiger partial charge in [0.1, 0.15) is 5.75 Å². The van der Waals surface area contributed by atoms with Crippen LogP contribution in [-0.2, 0) is 15.0 Å². The summed E-state index contributed by atoms with van der Waals surface area (Å²) >= 11 is 0. The molecule has 96 valence electrons. The van der Waals surface area contributed by atoms with Crippen LogP contribution in [0.15, 0.2) is 24.3 Å². The molecule has 1 aliphatic rings. The zero-order chi connectivity index (χ0) is 13.2. The summed E-state index contributed by atoms with van der Waals surface area (Å²) in [5.41, 5.74) is 0.0927. The standard InChI is InChI=1S/C14H17NO3/c1-3-8-18-11-6-4-10(5-7-11)14(2)9-12(16)15-13(14)17/h4-7H,3,8-9H2,1-2H3,(H,15,16,17)/t14-/m1/s1. The zero-order valence-corrected chi connectivity index (χ0v) is 10.7. The largest absolute Gasteiger partial charge is 0.494 e. The molecule has 18 heavy (non-hydrogen) atoms. The van der Waals surface area contributed by atoms with Gasteiger partial charge in [0.2, 0.25) is 11.8 Å². The molecule has 1 atom stereocenters. The van der Waals surface area contributed by atoms with Crippen LogP contribution in [-0.4, -0.2) is 18.4 Å². The molecule has 1 fully saturated rings. The molecule has 4 nitrogen and oxygen atoms in total. The smallest absolute Gasteiger partial charge is 0.237 e. The second kappa shape index (κ2) is 4.80. The lowest BCUT2D eigenvalue weighted by Crippen LogP contribution is -2.32. The Morgan fingerprint density at radius 3 is 2.44 bits per heavy atom. The van der Waals surface area contributed by atoms with E-state index in [1.54, 1.807) is 6.92 Å². The molecule has 0 unspecified atom stereocenters. The second-order valence-electron chi connectivity index (χ2n) is 4.76. The highest BCUT2D eigenvalue weighted by Gasteiger charge is 2.43. The SMILES string of the molecule is CCCOc1ccc([C@@]2(C)CC(=O)NC2=O)cc1. The van der Waals surface area contributed by atoms with Crippen molar-refractivity contribution in [3.05, 3.63) is 29.8 Å². The number of rotatable bonds is 4. The van der Waals surface area contributed by atoms with Gasteiger partial charge in [-0.15, -0.1) is 0 Å². The highest BCUT2D eigenvalue weighted by molar-refractivity contribution is 6.08. The van der Waals surface area contributed by atoms with Gasteiger partial charge >= 0.3 is 0 Å². The lowest BCUT2D eigenvalue weighted by atomic mass is 9.81.